The zero-order chi connectivity index (χ0) is 11.9. The van der Waals surface area contributed by atoms with E-state index in [4.69, 9.17) is 9.26 Å². The SMILES string of the molecule is CCOc1ccccc1CNCc1ccon1. The zero-order valence-electron chi connectivity index (χ0n) is 9.85. The van der Waals surface area contributed by atoms with Crippen molar-refractivity contribution in [3.05, 3.63) is 47.9 Å². The average Bonchev–Trinajstić information content (AvgIpc) is 2.85. The van der Waals surface area contributed by atoms with Crippen LogP contribution in [0.4, 0.5) is 0 Å². The predicted octanol–water partition coefficient (Wildman–Crippen LogP) is 2.36. The third kappa shape index (κ3) is 3.32. The Hall–Kier alpha value is -1.81. The molecular weight excluding hydrogens is 216 g/mol. The van der Waals surface area contributed by atoms with Gasteiger partial charge in [0.05, 0.1) is 12.3 Å². The number of ether oxygens (including phenoxy) is 1. The fourth-order valence-electron chi connectivity index (χ4n) is 1.60. The molecule has 0 saturated heterocycles. The van der Waals surface area contributed by atoms with Gasteiger partial charge in [-0.15, -0.1) is 0 Å². The molecule has 4 heteroatoms. The standard InChI is InChI=1S/C13H16N2O2/c1-2-16-13-6-4-3-5-11(13)9-14-10-12-7-8-17-15-12/h3-8,14H,2,9-10H2,1H3. The van der Waals surface area contributed by atoms with Crippen molar-refractivity contribution in [1.82, 2.24) is 10.5 Å². The molecule has 2 rings (SSSR count). The Bertz CT molecular complexity index is 440. The summed E-state index contributed by atoms with van der Waals surface area (Å²) in [5.74, 6) is 0.933. The van der Waals surface area contributed by atoms with E-state index in [-0.39, 0.29) is 0 Å². The van der Waals surface area contributed by atoms with E-state index >= 15 is 0 Å². The van der Waals surface area contributed by atoms with Gasteiger partial charge in [-0.2, -0.15) is 0 Å². The number of nitrogens with zero attached hydrogens (tertiary/aromatic N) is 1. The zero-order valence-corrected chi connectivity index (χ0v) is 9.85. The molecule has 0 aliphatic heterocycles. The lowest BCUT2D eigenvalue weighted by Gasteiger charge is -2.10. The quantitative estimate of drug-likeness (QED) is 0.830. The number of hydrogen-bond acceptors (Lipinski definition) is 4. The number of benzene rings is 1. The summed E-state index contributed by atoms with van der Waals surface area (Å²) in [5, 5.41) is 7.14. The second-order valence-corrected chi connectivity index (χ2v) is 3.64. The highest BCUT2D eigenvalue weighted by molar-refractivity contribution is 5.33. The highest BCUT2D eigenvalue weighted by Gasteiger charge is 2.02. The summed E-state index contributed by atoms with van der Waals surface area (Å²) in [7, 11) is 0. The Morgan fingerprint density at radius 1 is 1.24 bits per heavy atom. The van der Waals surface area contributed by atoms with Crippen LogP contribution in [0.5, 0.6) is 5.75 Å². The highest BCUT2D eigenvalue weighted by atomic mass is 16.5. The predicted molar refractivity (Wildman–Crippen MR) is 64.7 cm³/mol. The van der Waals surface area contributed by atoms with Gasteiger partial charge < -0.3 is 14.6 Å². The van der Waals surface area contributed by atoms with Crippen LogP contribution in [-0.2, 0) is 13.1 Å². The lowest BCUT2D eigenvalue weighted by molar-refractivity contribution is 0.335. The lowest BCUT2D eigenvalue weighted by atomic mass is 10.2. The molecular formula is C13H16N2O2. The minimum Gasteiger partial charge on any atom is -0.494 e. The maximum absolute atomic E-state index is 5.55. The third-order valence-electron chi connectivity index (χ3n) is 2.39. The van der Waals surface area contributed by atoms with Crippen molar-refractivity contribution in [1.29, 1.82) is 0 Å². The Morgan fingerprint density at radius 2 is 2.12 bits per heavy atom. The second kappa shape index (κ2) is 6.06. The molecule has 0 unspecified atom stereocenters. The number of hydrogen-bond donors (Lipinski definition) is 1. The van der Waals surface area contributed by atoms with Crippen molar-refractivity contribution < 1.29 is 9.26 Å². The highest BCUT2D eigenvalue weighted by Crippen LogP contribution is 2.17. The van der Waals surface area contributed by atoms with Crippen LogP contribution in [0, 0.1) is 0 Å². The van der Waals surface area contributed by atoms with Gasteiger partial charge in [-0.25, -0.2) is 0 Å². The van der Waals surface area contributed by atoms with Crippen LogP contribution in [0.25, 0.3) is 0 Å². The molecule has 1 aromatic carbocycles. The van der Waals surface area contributed by atoms with E-state index in [1.165, 1.54) is 0 Å². The van der Waals surface area contributed by atoms with Gasteiger partial charge in [-0.3, -0.25) is 0 Å². The summed E-state index contributed by atoms with van der Waals surface area (Å²) in [4.78, 5) is 0. The molecule has 17 heavy (non-hydrogen) atoms. The maximum Gasteiger partial charge on any atom is 0.124 e. The molecule has 1 N–H and O–H groups in total. The van der Waals surface area contributed by atoms with Crippen molar-refractivity contribution >= 4 is 0 Å². The number of rotatable bonds is 6. The largest absolute Gasteiger partial charge is 0.494 e. The van der Waals surface area contributed by atoms with Gasteiger partial charge in [0.1, 0.15) is 12.0 Å². The van der Waals surface area contributed by atoms with Crippen LogP contribution < -0.4 is 10.1 Å². The lowest BCUT2D eigenvalue weighted by Crippen LogP contribution is -2.13. The molecule has 90 valence electrons. The molecule has 2 aromatic rings. The third-order valence-corrected chi connectivity index (χ3v) is 2.39. The van der Waals surface area contributed by atoms with E-state index in [1.54, 1.807) is 6.26 Å². The second-order valence-electron chi connectivity index (χ2n) is 3.64. The summed E-state index contributed by atoms with van der Waals surface area (Å²) in [6.45, 7) is 4.11. The van der Waals surface area contributed by atoms with Crippen molar-refractivity contribution in [2.24, 2.45) is 0 Å². The van der Waals surface area contributed by atoms with E-state index in [0.717, 1.165) is 23.6 Å². The first-order chi connectivity index (χ1) is 8.40. The topological polar surface area (TPSA) is 47.3 Å². The minimum absolute atomic E-state index is 0.681. The van der Waals surface area contributed by atoms with E-state index in [9.17, 15) is 0 Å². The first kappa shape index (κ1) is 11.7. The van der Waals surface area contributed by atoms with Crippen LogP contribution in [0.3, 0.4) is 0 Å². The van der Waals surface area contributed by atoms with Gasteiger partial charge in [0, 0.05) is 24.7 Å². The molecule has 0 saturated carbocycles. The minimum atomic E-state index is 0.681. The maximum atomic E-state index is 5.55. The molecule has 0 amide bonds. The fraction of sp³-hybridized carbons (Fsp3) is 0.308. The van der Waals surface area contributed by atoms with Crippen LogP contribution in [0.1, 0.15) is 18.2 Å². The number of aromatic nitrogens is 1. The molecule has 0 aliphatic rings. The van der Waals surface area contributed by atoms with E-state index in [1.807, 2.05) is 31.2 Å². The first-order valence-corrected chi connectivity index (χ1v) is 5.71. The van der Waals surface area contributed by atoms with Crippen LogP contribution >= 0.6 is 0 Å². The van der Waals surface area contributed by atoms with Gasteiger partial charge in [0.25, 0.3) is 0 Å². The summed E-state index contributed by atoms with van der Waals surface area (Å²) >= 11 is 0. The summed E-state index contributed by atoms with van der Waals surface area (Å²) in [6.07, 6.45) is 1.57. The van der Waals surface area contributed by atoms with E-state index in [2.05, 4.69) is 16.5 Å². The van der Waals surface area contributed by atoms with Crippen molar-refractivity contribution in [2.75, 3.05) is 6.61 Å². The summed E-state index contributed by atoms with van der Waals surface area (Å²) in [6, 6.07) is 9.88. The van der Waals surface area contributed by atoms with Crippen molar-refractivity contribution in [3.63, 3.8) is 0 Å². The molecule has 0 fully saturated rings. The average molecular weight is 232 g/mol. The van der Waals surface area contributed by atoms with E-state index in [0.29, 0.717) is 13.2 Å². The van der Waals surface area contributed by atoms with Crippen molar-refractivity contribution in [2.45, 2.75) is 20.0 Å². The molecule has 1 heterocycles. The molecule has 0 spiro atoms. The Balaban J connectivity index is 1.89. The molecule has 1 aromatic heterocycles. The molecule has 0 radical (unpaired) electrons. The monoisotopic (exact) mass is 232 g/mol. The summed E-state index contributed by atoms with van der Waals surface area (Å²) in [5.41, 5.74) is 2.05. The summed E-state index contributed by atoms with van der Waals surface area (Å²) < 4.78 is 10.3. The Morgan fingerprint density at radius 3 is 2.88 bits per heavy atom. The normalized spacial score (nSPS) is 10.4. The van der Waals surface area contributed by atoms with Crippen molar-refractivity contribution in [3.8, 4) is 5.75 Å². The molecule has 0 bridgehead atoms. The fourth-order valence-corrected chi connectivity index (χ4v) is 1.60. The number of nitrogens with one attached hydrogen (secondary N) is 1. The van der Waals surface area contributed by atoms with Crippen LogP contribution in [-0.4, -0.2) is 11.8 Å². The first-order valence-electron chi connectivity index (χ1n) is 5.71. The van der Waals surface area contributed by atoms with Gasteiger partial charge in [-0.1, -0.05) is 23.4 Å². The smallest absolute Gasteiger partial charge is 0.124 e. The van der Waals surface area contributed by atoms with Crippen LogP contribution in [0.15, 0.2) is 41.1 Å². The van der Waals surface area contributed by atoms with Gasteiger partial charge in [0.15, 0.2) is 0 Å². The van der Waals surface area contributed by atoms with Gasteiger partial charge >= 0.3 is 0 Å². The van der Waals surface area contributed by atoms with Gasteiger partial charge in [0.2, 0.25) is 0 Å². The van der Waals surface area contributed by atoms with E-state index < -0.39 is 0 Å². The van der Waals surface area contributed by atoms with Gasteiger partial charge in [-0.05, 0) is 13.0 Å². The van der Waals surface area contributed by atoms with Crippen LogP contribution in [0.2, 0.25) is 0 Å². The molecule has 0 atom stereocenters. The molecule has 0 aliphatic carbocycles. The number of para-hydroxylation sites is 1. The molecule has 4 nitrogen and oxygen atoms in total. The Kier molecular flexibility index (Phi) is 4.16. The Labute approximate surface area is 101 Å².